The Kier molecular flexibility index (Phi) is 7.65. The number of ether oxygens (including phenoxy) is 1. The molecule has 37 heavy (non-hydrogen) atoms. The average Bonchev–Trinajstić information content (AvgIpc) is 3.41. The molecule has 0 saturated carbocycles. The van der Waals surface area contributed by atoms with E-state index in [9.17, 15) is 0 Å². The Morgan fingerprint density at radius 3 is 2.22 bits per heavy atom. The van der Waals surface area contributed by atoms with Crippen LogP contribution < -0.4 is 14.5 Å². The lowest BCUT2D eigenvalue weighted by molar-refractivity contribution is 0.200. The van der Waals surface area contributed by atoms with Crippen molar-refractivity contribution in [3.8, 4) is 5.75 Å². The molecule has 1 saturated heterocycles. The summed E-state index contributed by atoms with van der Waals surface area (Å²) in [7, 11) is 5.83. The number of aryl methyl sites for hydroxylation is 2. The van der Waals surface area contributed by atoms with Crippen molar-refractivity contribution < 1.29 is 4.74 Å². The van der Waals surface area contributed by atoms with Gasteiger partial charge in [-0.15, -0.1) is 5.10 Å². The Bertz CT molecular complexity index is 1250. The number of anilines is 2. The minimum absolute atomic E-state index is 0.0139. The second kappa shape index (κ2) is 11.4. The Morgan fingerprint density at radius 2 is 1.57 bits per heavy atom. The number of rotatable bonds is 9. The SMILES string of the molecule is COc1ccc(N2CCN([C@H](c3ccc(N(C)C)cc3)c3nnnn3CCc3ccccc3)CC2)cc1. The molecule has 3 aromatic carbocycles. The summed E-state index contributed by atoms with van der Waals surface area (Å²) in [5.74, 6) is 1.78. The van der Waals surface area contributed by atoms with Crippen LogP contribution in [0.15, 0.2) is 78.9 Å². The molecule has 1 fully saturated rings. The highest BCUT2D eigenvalue weighted by Gasteiger charge is 2.30. The first-order chi connectivity index (χ1) is 18.1. The molecule has 5 rings (SSSR count). The second-order valence-electron chi connectivity index (χ2n) is 9.61. The van der Waals surface area contributed by atoms with Gasteiger partial charge in [-0.05, 0) is 64.4 Å². The fraction of sp³-hybridized carbons (Fsp3) is 0.345. The van der Waals surface area contributed by atoms with Crippen molar-refractivity contribution in [3.63, 3.8) is 0 Å². The zero-order valence-corrected chi connectivity index (χ0v) is 21.9. The van der Waals surface area contributed by atoms with Crippen molar-refractivity contribution in [2.75, 3.05) is 57.2 Å². The largest absolute Gasteiger partial charge is 0.497 e. The Labute approximate surface area is 219 Å². The highest BCUT2D eigenvalue weighted by Crippen LogP contribution is 2.31. The van der Waals surface area contributed by atoms with Crippen LogP contribution in [0.25, 0.3) is 0 Å². The number of piperazine rings is 1. The minimum atomic E-state index is -0.0139. The first-order valence-electron chi connectivity index (χ1n) is 12.8. The number of nitrogens with zero attached hydrogens (tertiary/aromatic N) is 7. The third-order valence-electron chi connectivity index (χ3n) is 7.10. The van der Waals surface area contributed by atoms with E-state index < -0.39 is 0 Å². The maximum absolute atomic E-state index is 5.33. The fourth-order valence-corrected chi connectivity index (χ4v) is 4.96. The van der Waals surface area contributed by atoms with Crippen LogP contribution in [0.4, 0.5) is 11.4 Å². The highest BCUT2D eigenvalue weighted by molar-refractivity contribution is 5.50. The van der Waals surface area contributed by atoms with E-state index in [1.807, 2.05) is 22.9 Å². The van der Waals surface area contributed by atoms with Crippen LogP contribution in [-0.2, 0) is 13.0 Å². The molecule has 0 bridgehead atoms. The Morgan fingerprint density at radius 1 is 0.865 bits per heavy atom. The molecule has 1 aromatic heterocycles. The molecule has 1 atom stereocenters. The molecule has 2 heterocycles. The van der Waals surface area contributed by atoms with E-state index >= 15 is 0 Å². The molecule has 0 radical (unpaired) electrons. The molecule has 8 heteroatoms. The first-order valence-corrected chi connectivity index (χ1v) is 12.8. The van der Waals surface area contributed by atoms with Gasteiger partial charge in [-0.3, -0.25) is 4.90 Å². The first kappa shape index (κ1) is 24.8. The lowest BCUT2D eigenvalue weighted by Crippen LogP contribution is -2.48. The van der Waals surface area contributed by atoms with Gasteiger partial charge >= 0.3 is 0 Å². The number of aromatic nitrogens is 4. The minimum Gasteiger partial charge on any atom is -0.497 e. The molecule has 0 N–H and O–H groups in total. The molecule has 4 aromatic rings. The number of benzene rings is 3. The van der Waals surface area contributed by atoms with E-state index in [1.165, 1.54) is 22.5 Å². The smallest absolute Gasteiger partial charge is 0.173 e. The third kappa shape index (κ3) is 5.75. The lowest BCUT2D eigenvalue weighted by atomic mass is 10.0. The van der Waals surface area contributed by atoms with Crippen LogP contribution in [0.1, 0.15) is 23.0 Å². The Hall–Kier alpha value is -3.91. The highest BCUT2D eigenvalue weighted by atomic mass is 16.5. The molecule has 1 aliphatic rings. The van der Waals surface area contributed by atoms with E-state index in [0.717, 1.165) is 50.7 Å². The molecular formula is C29H35N7O. The summed E-state index contributed by atoms with van der Waals surface area (Å²) in [5, 5.41) is 13.1. The van der Waals surface area contributed by atoms with Crippen LogP contribution in [-0.4, -0.2) is 72.5 Å². The molecule has 1 aliphatic heterocycles. The predicted molar refractivity (Wildman–Crippen MR) is 147 cm³/mol. The lowest BCUT2D eigenvalue weighted by Gasteiger charge is -2.40. The van der Waals surface area contributed by atoms with Gasteiger partial charge in [0.2, 0.25) is 0 Å². The van der Waals surface area contributed by atoms with Gasteiger partial charge in [0.15, 0.2) is 5.82 Å². The summed E-state index contributed by atoms with van der Waals surface area (Å²) in [6.45, 7) is 4.44. The van der Waals surface area contributed by atoms with E-state index in [2.05, 4.69) is 105 Å². The van der Waals surface area contributed by atoms with Gasteiger partial charge in [-0.1, -0.05) is 42.5 Å². The second-order valence-corrected chi connectivity index (χ2v) is 9.61. The monoisotopic (exact) mass is 497 g/mol. The number of methoxy groups -OCH3 is 1. The van der Waals surface area contributed by atoms with Gasteiger partial charge in [0, 0.05) is 58.2 Å². The zero-order chi connectivity index (χ0) is 25.6. The molecular weight excluding hydrogens is 462 g/mol. The number of tetrazole rings is 1. The molecule has 0 amide bonds. The summed E-state index contributed by atoms with van der Waals surface area (Å²) >= 11 is 0. The number of hydrogen-bond acceptors (Lipinski definition) is 7. The van der Waals surface area contributed by atoms with Crippen molar-refractivity contribution in [1.29, 1.82) is 0 Å². The van der Waals surface area contributed by atoms with E-state index in [4.69, 9.17) is 4.74 Å². The summed E-state index contributed by atoms with van der Waals surface area (Å²) < 4.78 is 7.31. The molecule has 0 unspecified atom stereocenters. The topological polar surface area (TPSA) is 62.6 Å². The molecule has 8 nitrogen and oxygen atoms in total. The quantitative estimate of drug-likeness (QED) is 0.348. The summed E-state index contributed by atoms with van der Waals surface area (Å²) in [6.07, 6.45) is 0.885. The molecule has 0 spiro atoms. The van der Waals surface area contributed by atoms with Crippen LogP contribution in [0.2, 0.25) is 0 Å². The Balaban J connectivity index is 1.38. The normalized spacial score (nSPS) is 14.9. The van der Waals surface area contributed by atoms with Crippen molar-refractivity contribution in [1.82, 2.24) is 25.1 Å². The van der Waals surface area contributed by atoms with Crippen molar-refractivity contribution in [2.24, 2.45) is 0 Å². The van der Waals surface area contributed by atoms with Crippen LogP contribution >= 0.6 is 0 Å². The van der Waals surface area contributed by atoms with Crippen LogP contribution in [0.5, 0.6) is 5.75 Å². The third-order valence-corrected chi connectivity index (χ3v) is 7.10. The van der Waals surface area contributed by atoms with Crippen molar-refractivity contribution in [2.45, 2.75) is 19.0 Å². The number of hydrogen-bond donors (Lipinski definition) is 0. The summed E-state index contributed by atoms with van der Waals surface area (Å²) in [5.41, 5.74) is 4.89. The fourth-order valence-electron chi connectivity index (χ4n) is 4.96. The van der Waals surface area contributed by atoms with Gasteiger partial charge in [0.25, 0.3) is 0 Å². The van der Waals surface area contributed by atoms with Crippen molar-refractivity contribution >= 4 is 11.4 Å². The zero-order valence-electron chi connectivity index (χ0n) is 21.9. The predicted octanol–water partition coefficient (Wildman–Crippen LogP) is 3.90. The van der Waals surface area contributed by atoms with Crippen LogP contribution in [0, 0.1) is 0 Å². The van der Waals surface area contributed by atoms with Crippen molar-refractivity contribution in [3.05, 3.63) is 95.8 Å². The maximum atomic E-state index is 5.33. The summed E-state index contributed by atoms with van der Waals surface area (Å²) in [4.78, 5) is 7.06. The van der Waals surface area contributed by atoms with Gasteiger partial charge in [-0.25, -0.2) is 4.68 Å². The standard InChI is InChI=1S/C29H35N7O/c1-33(2)25-11-9-24(10-12-25)28(29-30-31-32-36(29)18-17-23-7-5-4-6-8-23)35-21-19-34(20-22-35)26-13-15-27(37-3)16-14-26/h4-16,28H,17-22H2,1-3H3/t28-/m1/s1. The van der Waals surface area contributed by atoms with Gasteiger partial charge < -0.3 is 14.5 Å². The van der Waals surface area contributed by atoms with Crippen LogP contribution in [0.3, 0.4) is 0 Å². The summed E-state index contributed by atoms with van der Waals surface area (Å²) in [6, 6.07) is 27.6. The average molecular weight is 498 g/mol. The van der Waals surface area contributed by atoms with E-state index in [1.54, 1.807) is 7.11 Å². The van der Waals surface area contributed by atoms with Gasteiger partial charge in [0.05, 0.1) is 13.2 Å². The molecule has 192 valence electrons. The van der Waals surface area contributed by atoms with E-state index in [-0.39, 0.29) is 6.04 Å². The maximum Gasteiger partial charge on any atom is 0.173 e. The molecule has 0 aliphatic carbocycles. The van der Waals surface area contributed by atoms with Gasteiger partial charge in [-0.2, -0.15) is 0 Å². The van der Waals surface area contributed by atoms with E-state index in [0.29, 0.717) is 0 Å². The van der Waals surface area contributed by atoms with Gasteiger partial charge in [0.1, 0.15) is 5.75 Å².